The van der Waals surface area contributed by atoms with E-state index < -0.39 is 6.61 Å². The van der Waals surface area contributed by atoms with Crippen molar-refractivity contribution in [1.82, 2.24) is 14.3 Å². The number of methoxy groups -OCH3 is 1. The number of imidazole rings is 1. The maximum atomic E-state index is 13.3. The summed E-state index contributed by atoms with van der Waals surface area (Å²) < 4.78 is 44.5. The Hall–Kier alpha value is -3.69. The molecule has 0 N–H and O–H groups in total. The van der Waals surface area contributed by atoms with Crippen LogP contribution in [0.25, 0.3) is 16.9 Å². The summed E-state index contributed by atoms with van der Waals surface area (Å²) >= 11 is 0. The van der Waals surface area contributed by atoms with E-state index in [9.17, 15) is 18.4 Å². The van der Waals surface area contributed by atoms with Crippen LogP contribution in [0.3, 0.4) is 0 Å². The molecule has 37 heavy (non-hydrogen) atoms. The molecule has 10 heteroatoms. The Morgan fingerprint density at radius 1 is 1.19 bits per heavy atom. The van der Waals surface area contributed by atoms with Crippen LogP contribution in [0.15, 0.2) is 36.7 Å². The fourth-order valence-corrected chi connectivity index (χ4v) is 4.86. The molecule has 0 spiro atoms. The zero-order chi connectivity index (χ0) is 25.9. The molecule has 2 aliphatic rings. The fourth-order valence-electron chi connectivity index (χ4n) is 4.86. The third kappa shape index (κ3) is 5.68. The van der Waals surface area contributed by atoms with E-state index in [1.54, 1.807) is 39.9 Å². The molecule has 3 heterocycles. The number of carbonyl (C=O) groups excluding carboxylic acids is 2. The van der Waals surface area contributed by atoms with Gasteiger partial charge in [0, 0.05) is 43.3 Å². The van der Waals surface area contributed by atoms with Gasteiger partial charge in [-0.15, -0.1) is 0 Å². The first-order valence-corrected chi connectivity index (χ1v) is 12.4. The SMILES string of the molecule is COc1cc(-c2cnc3cc(OCC4CCCN(C=O)C4)ccn23)cc(OC(F)F)c1C(=O)CC1CC1. The standard InChI is InChI=1S/C27H29F2N3O5/c1-35-23-10-19(11-24(37-27(28)29)26(23)22(34)9-17-4-5-17)21-13-30-25-12-20(6-8-32(21)25)36-15-18-3-2-7-31(14-18)16-33/h6,8,10-13,16-18,27H,2-5,7,9,14-15H2,1H3. The van der Waals surface area contributed by atoms with Crippen molar-refractivity contribution in [3.8, 4) is 28.5 Å². The Kier molecular flexibility index (Phi) is 7.25. The third-order valence-corrected chi connectivity index (χ3v) is 6.92. The highest BCUT2D eigenvalue weighted by Gasteiger charge is 2.30. The average molecular weight is 514 g/mol. The summed E-state index contributed by atoms with van der Waals surface area (Å²) in [5.74, 6) is 0.914. The van der Waals surface area contributed by atoms with E-state index in [1.807, 2.05) is 0 Å². The maximum Gasteiger partial charge on any atom is 0.387 e. The van der Waals surface area contributed by atoms with Crippen molar-refractivity contribution in [2.24, 2.45) is 11.8 Å². The van der Waals surface area contributed by atoms with Crippen LogP contribution in [-0.2, 0) is 4.79 Å². The maximum absolute atomic E-state index is 13.3. The van der Waals surface area contributed by atoms with Crippen LogP contribution in [0.4, 0.5) is 8.78 Å². The summed E-state index contributed by atoms with van der Waals surface area (Å²) in [7, 11) is 1.40. The van der Waals surface area contributed by atoms with Crippen molar-refractivity contribution in [3.63, 3.8) is 0 Å². The van der Waals surface area contributed by atoms with Gasteiger partial charge < -0.3 is 19.1 Å². The lowest BCUT2D eigenvalue weighted by atomic mass is 9.99. The average Bonchev–Trinajstić information content (AvgIpc) is 3.61. The Balaban J connectivity index is 1.40. The summed E-state index contributed by atoms with van der Waals surface area (Å²) in [4.78, 5) is 30.2. The van der Waals surface area contributed by atoms with Gasteiger partial charge in [0.05, 0.1) is 25.6 Å². The Labute approximate surface area is 213 Å². The van der Waals surface area contributed by atoms with Crippen LogP contribution < -0.4 is 14.2 Å². The Morgan fingerprint density at radius 2 is 2.00 bits per heavy atom. The van der Waals surface area contributed by atoms with E-state index in [0.717, 1.165) is 38.6 Å². The molecule has 1 saturated heterocycles. The van der Waals surface area contributed by atoms with Crippen LogP contribution in [0, 0.1) is 11.8 Å². The summed E-state index contributed by atoms with van der Waals surface area (Å²) in [6, 6.07) is 6.68. The normalized spacial score (nSPS) is 17.7. The van der Waals surface area contributed by atoms with Crippen molar-refractivity contribution < 1.29 is 32.6 Å². The van der Waals surface area contributed by atoms with Crippen LogP contribution in [0.2, 0.25) is 0 Å². The molecule has 1 aromatic carbocycles. The highest BCUT2D eigenvalue weighted by Crippen LogP contribution is 2.40. The molecule has 0 bridgehead atoms. The molecule has 1 aliphatic heterocycles. The molecule has 1 atom stereocenters. The lowest BCUT2D eigenvalue weighted by molar-refractivity contribution is -0.119. The second-order valence-corrected chi connectivity index (χ2v) is 9.65. The van der Waals surface area contributed by atoms with Gasteiger partial charge in [-0.25, -0.2) is 4.98 Å². The summed E-state index contributed by atoms with van der Waals surface area (Å²) in [6.07, 6.45) is 8.46. The molecule has 1 amide bonds. The number of benzene rings is 1. The molecule has 5 rings (SSSR count). The largest absolute Gasteiger partial charge is 0.496 e. The van der Waals surface area contributed by atoms with Gasteiger partial charge in [-0.2, -0.15) is 8.78 Å². The predicted octanol–water partition coefficient (Wildman–Crippen LogP) is 4.84. The van der Waals surface area contributed by atoms with E-state index in [0.29, 0.717) is 35.8 Å². The van der Waals surface area contributed by atoms with Gasteiger partial charge in [0.15, 0.2) is 5.78 Å². The van der Waals surface area contributed by atoms with E-state index in [2.05, 4.69) is 4.98 Å². The number of aromatic nitrogens is 2. The van der Waals surface area contributed by atoms with Crippen LogP contribution in [-0.4, -0.2) is 59.9 Å². The van der Waals surface area contributed by atoms with Crippen molar-refractivity contribution in [1.29, 1.82) is 0 Å². The lowest BCUT2D eigenvalue weighted by Gasteiger charge is -2.29. The van der Waals surface area contributed by atoms with Crippen LogP contribution in [0.1, 0.15) is 42.5 Å². The van der Waals surface area contributed by atoms with Crippen LogP contribution in [0.5, 0.6) is 17.2 Å². The highest BCUT2D eigenvalue weighted by atomic mass is 19.3. The number of alkyl halides is 2. The van der Waals surface area contributed by atoms with Gasteiger partial charge in [0.2, 0.25) is 6.41 Å². The lowest BCUT2D eigenvalue weighted by Crippen LogP contribution is -2.36. The number of hydrogen-bond acceptors (Lipinski definition) is 6. The second-order valence-electron chi connectivity index (χ2n) is 9.65. The smallest absolute Gasteiger partial charge is 0.387 e. The third-order valence-electron chi connectivity index (χ3n) is 6.92. The molecule has 3 aromatic rings. The minimum Gasteiger partial charge on any atom is -0.496 e. The van der Waals surface area contributed by atoms with Crippen molar-refractivity contribution in [2.75, 3.05) is 26.8 Å². The predicted molar refractivity (Wildman–Crippen MR) is 131 cm³/mol. The number of Topliss-reactive ketones (excluding diaryl/α,β-unsaturated/α-hetero) is 1. The number of halogens is 2. The Bertz CT molecular complexity index is 1290. The van der Waals surface area contributed by atoms with Gasteiger partial charge in [-0.3, -0.25) is 14.0 Å². The molecule has 0 radical (unpaired) electrons. The number of likely N-dealkylation sites (tertiary alicyclic amines) is 1. The van der Waals surface area contributed by atoms with Gasteiger partial charge >= 0.3 is 6.61 Å². The number of fused-ring (bicyclic) bond motifs is 1. The molecular formula is C27H29F2N3O5. The fraction of sp³-hybridized carbons (Fsp3) is 0.444. The summed E-state index contributed by atoms with van der Waals surface area (Å²) in [6.45, 7) is -1.12. The number of hydrogen-bond donors (Lipinski definition) is 0. The van der Waals surface area contributed by atoms with E-state index in [-0.39, 0.29) is 41.1 Å². The van der Waals surface area contributed by atoms with Gasteiger partial charge in [0.25, 0.3) is 0 Å². The number of rotatable bonds is 11. The highest BCUT2D eigenvalue weighted by molar-refractivity contribution is 6.02. The van der Waals surface area contributed by atoms with Crippen molar-refractivity contribution in [3.05, 3.63) is 42.2 Å². The number of carbonyl (C=O) groups is 2. The number of ketones is 1. The first-order chi connectivity index (χ1) is 17.9. The zero-order valence-corrected chi connectivity index (χ0v) is 20.6. The van der Waals surface area contributed by atoms with Gasteiger partial charge in [-0.05, 0) is 49.8 Å². The second kappa shape index (κ2) is 10.7. The van der Waals surface area contributed by atoms with Crippen LogP contribution >= 0.6 is 0 Å². The van der Waals surface area contributed by atoms with Gasteiger partial charge in [-0.1, -0.05) is 0 Å². The zero-order valence-electron chi connectivity index (χ0n) is 20.6. The number of piperidine rings is 1. The van der Waals surface area contributed by atoms with E-state index in [4.69, 9.17) is 14.2 Å². The van der Waals surface area contributed by atoms with E-state index in [1.165, 1.54) is 13.2 Å². The topological polar surface area (TPSA) is 82.4 Å². The molecule has 1 unspecified atom stereocenters. The Morgan fingerprint density at radius 3 is 2.73 bits per heavy atom. The molecule has 2 aromatic heterocycles. The van der Waals surface area contributed by atoms with E-state index >= 15 is 0 Å². The number of ether oxygens (including phenoxy) is 3. The molecule has 196 valence electrons. The number of nitrogens with zero attached hydrogens (tertiary/aromatic N) is 3. The molecular weight excluding hydrogens is 484 g/mol. The summed E-state index contributed by atoms with van der Waals surface area (Å²) in [5, 5.41) is 0. The number of pyridine rings is 1. The van der Waals surface area contributed by atoms with Gasteiger partial charge in [0.1, 0.15) is 28.5 Å². The minimum absolute atomic E-state index is 0.0406. The monoisotopic (exact) mass is 513 g/mol. The molecule has 1 saturated carbocycles. The number of amides is 1. The summed E-state index contributed by atoms with van der Waals surface area (Å²) in [5.41, 5.74) is 1.79. The van der Waals surface area contributed by atoms with Crippen molar-refractivity contribution >= 4 is 17.8 Å². The first-order valence-electron chi connectivity index (χ1n) is 12.4. The first kappa shape index (κ1) is 25.0. The van der Waals surface area contributed by atoms with Crippen molar-refractivity contribution in [2.45, 2.75) is 38.7 Å². The molecule has 2 fully saturated rings. The molecule has 8 nitrogen and oxygen atoms in total. The quantitative estimate of drug-likeness (QED) is 0.270. The molecule has 1 aliphatic carbocycles. The minimum atomic E-state index is -3.09.